The number of aliphatic hydroxyl groups excluding tert-OH is 1. The summed E-state index contributed by atoms with van der Waals surface area (Å²) in [6.07, 6.45) is 1.24. The van der Waals surface area contributed by atoms with Crippen LogP contribution >= 0.6 is 0 Å². The van der Waals surface area contributed by atoms with Crippen LogP contribution in [0.25, 0.3) is 0 Å². The standard InChI is InChI=1S/C12H16O3/c1-8(13)6-9-7-10-11(14-2)4-3-5-12(10)15-9/h3-5,8-9,13H,6-7H2,1-2H3. The molecule has 3 heteroatoms. The highest BCUT2D eigenvalue weighted by atomic mass is 16.5. The van der Waals surface area contributed by atoms with E-state index in [9.17, 15) is 5.11 Å². The molecule has 0 radical (unpaired) electrons. The van der Waals surface area contributed by atoms with Crippen molar-refractivity contribution in [1.29, 1.82) is 0 Å². The fourth-order valence-electron chi connectivity index (χ4n) is 2.01. The van der Waals surface area contributed by atoms with Gasteiger partial charge in [0.25, 0.3) is 0 Å². The van der Waals surface area contributed by atoms with E-state index in [2.05, 4.69) is 0 Å². The van der Waals surface area contributed by atoms with E-state index in [-0.39, 0.29) is 12.2 Å². The van der Waals surface area contributed by atoms with Gasteiger partial charge in [0.15, 0.2) is 0 Å². The summed E-state index contributed by atoms with van der Waals surface area (Å²) in [6, 6.07) is 5.80. The summed E-state index contributed by atoms with van der Waals surface area (Å²) in [5.41, 5.74) is 1.12. The van der Waals surface area contributed by atoms with Crippen molar-refractivity contribution in [1.82, 2.24) is 0 Å². The molecular weight excluding hydrogens is 192 g/mol. The first-order valence-electron chi connectivity index (χ1n) is 5.21. The molecule has 1 aliphatic rings. The zero-order valence-electron chi connectivity index (χ0n) is 9.06. The lowest BCUT2D eigenvalue weighted by Crippen LogP contribution is -2.19. The van der Waals surface area contributed by atoms with E-state index in [1.54, 1.807) is 14.0 Å². The molecule has 1 heterocycles. The number of hydrogen-bond acceptors (Lipinski definition) is 3. The lowest BCUT2D eigenvalue weighted by molar-refractivity contribution is 0.118. The molecule has 82 valence electrons. The van der Waals surface area contributed by atoms with Crippen molar-refractivity contribution in [2.24, 2.45) is 0 Å². The molecule has 1 aromatic carbocycles. The number of fused-ring (bicyclic) bond motifs is 1. The van der Waals surface area contributed by atoms with Gasteiger partial charge in [-0.25, -0.2) is 0 Å². The van der Waals surface area contributed by atoms with Gasteiger partial charge < -0.3 is 14.6 Å². The van der Waals surface area contributed by atoms with Crippen LogP contribution in [0, 0.1) is 0 Å². The molecule has 2 unspecified atom stereocenters. The van der Waals surface area contributed by atoms with Gasteiger partial charge in [-0.3, -0.25) is 0 Å². The highest BCUT2D eigenvalue weighted by Crippen LogP contribution is 2.36. The summed E-state index contributed by atoms with van der Waals surface area (Å²) in [5, 5.41) is 9.31. The van der Waals surface area contributed by atoms with E-state index >= 15 is 0 Å². The molecule has 3 nitrogen and oxygen atoms in total. The molecule has 0 amide bonds. The Balaban J connectivity index is 2.16. The molecule has 1 N–H and O–H groups in total. The summed E-state index contributed by atoms with van der Waals surface area (Å²) in [6.45, 7) is 1.78. The van der Waals surface area contributed by atoms with Gasteiger partial charge in [-0.05, 0) is 19.1 Å². The summed E-state index contributed by atoms with van der Waals surface area (Å²) in [5.74, 6) is 1.76. The summed E-state index contributed by atoms with van der Waals surface area (Å²) in [4.78, 5) is 0. The Hall–Kier alpha value is -1.22. The third-order valence-electron chi connectivity index (χ3n) is 2.64. The van der Waals surface area contributed by atoms with E-state index in [4.69, 9.17) is 9.47 Å². The largest absolute Gasteiger partial charge is 0.496 e. The predicted molar refractivity (Wildman–Crippen MR) is 57.4 cm³/mol. The Labute approximate surface area is 89.6 Å². The van der Waals surface area contributed by atoms with Gasteiger partial charge in [0, 0.05) is 18.4 Å². The predicted octanol–water partition coefficient (Wildman–Crippen LogP) is 1.77. The molecule has 0 saturated heterocycles. The van der Waals surface area contributed by atoms with Gasteiger partial charge in [0.05, 0.1) is 13.2 Å². The molecule has 1 aliphatic heterocycles. The normalized spacial score (nSPS) is 20.6. The van der Waals surface area contributed by atoms with Crippen LogP contribution in [0.5, 0.6) is 11.5 Å². The van der Waals surface area contributed by atoms with Gasteiger partial charge in [-0.2, -0.15) is 0 Å². The first kappa shape index (κ1) is 10.3. The molecular formula is C12H16O3. The second-order valence-corrected chi connectivity index (χ2v) is 3.97. The van der Waals surface area contributed by atoms with E-state index in [0.717, 1.165) is 23.5 Å². The van der Waals surface area contributed by atoms with Crippen LogP contribution in [-0.4, -0.2) is 24.4 Å². The van der Waals surface area contributed by atoms with E-state index in [1.807, 2.05) is 18.2 Å². The SMILES string of the molecule is COc1cccc2c1CC(CC(C)O)O2. The smallest absolute Gasteiger partial charge is 0.126 e. The summed E-state index contributed by atoms with van der Waals surface area (Å²) in [7, 11) is 1.66. The number of hydrogen-bond donors (Lipinski definition) is 1. The van der Waals surface area contributed by atoms with Crippen LogP contribution in [0.1, 0.15) is 18.9 Å². The third kappa shape index (κ3) is 2.07. The zero-order chi connectivity index (χ0) is 10.8. The molecule has 2 atom stereocenters. The highest BCUT2D eigenvalue weighted by Gasteiger charge is 2.26. The Bertz CT molecular complexity index is 347. The van der Waals surface area contributed by atoms with Crippen molar-refractivity contribution in [2.45, 2.75) is 32.0 Å². The van der Waals surface area contributed by atoms with Gasteiger partial charge in [-0.1, -0.05) is 6.07 Å². The maximum Gasteiger partial charge on any atom is 0.126 e. The molecule has 1 aromatic rings. The first-order valence-corrected chi connectivity index (χ1v) is 5.21. The fraction of sp³-hybridized carbons (Fsp3) is 0.500. The minimum absolute atomic E-state index is 0.0799. The van der Waals surface area contributed by atoms with Crippen molar-refractivity contribution in [3.8, 4) is 11.5 Å². The maximum absolute atomic E-state index is 9.31. The molecule has 0 aromatic heterocycles. The van der Waals surface area contributed by atoms with Gasteiger partial charge in [-0.15, -0.1) is 0 Å². The second-order valence-electron chi connectivity index (χ2n) is 3.97. The van der Waals surface area contributed by atoms with Gasteiger partial charge in [0.2, 0.25) is 0 Å². The molecule has 0 aliphatic carbocycles. The minimum Gasteiger partial charge on any atom is -0.496 e. The third-order valence-corrected chi connectivity index (χ3v) is 2.64. The Kier molecular flexibility index (Phi) is 2.82. The van der Waals surface area contributed by atoms with Crippen molar-refractivity contribution in [2.75, 3.05) is 7.11 Å². The summed E-state index contributed by atoms with van der Waals surface area (Å²) >= 11 is 0. The first-order chi connectivity index (χ1) is 7.20. The van der Waals surface area contributed by atoms with Crippen LogP contribution < -0.4 is 9.47 Å². The number of aliphatic hydroxyl groups is 1. The molecule has 15 heavy (non-hydrogen) atoms. The molecule has 2 rings (SSSR count). The Morgan fingerprint density at radius 2 is 2.40 bits per heavy atom. The quantitative estimate of drug-likeness (QED) is 0.822. The van der Waals surface area contributed by atoms with Gasteiger partial charge in [0.1, 0.15) is 17.6 Å². The average Bonchev–Trinajstić information content (AvgIpc) is 2.58. The molecule has 0 fully saturated rings. The topological polar surface area (TPSA) is 38.7 Å². The number of methoxy groups -OCH3 is 1. The highest BCUT2D eigenvalue weighted by molar-refractivity contribution is 5.47. The van der Waals surface area contributed by atoms with Crippen molar-refractivity contribution < 1.29 is 14.6 Å². The van der Waals surface area contributed by atoms with Crippen LogP contribution in [0.3, 0.4) is 0 Å². The van der Waals surface area contributed by atoms with E-state index < -0.39 is 0 Å². The molecule has 0 spiro atoms. The van der Waals surface area contributed by atoms with Crippen LogP contribution in [0.2, 0.25) is 0 Å². The lowest BCUT2D eigenvalue weighted by Gasteiger charge is -2.11. The van der Waals surface area contributed by atoms with E-state index in [1.165, 1.54) is 0 Å². The second kappa shape index (κ2) is 4.11. The van der Waals surface area contributed by atoms with Crippen molar-refractivity contribution in [3.05, 3.63) is 23.8 Å². The minimum atomic E-state index is -0.324. The maximum atomic E-state index is 9.31. The van der Waals surface area contributed by atoms with Crippen LogP contribution in [0.15, 0.2) is 18.2 Å². The molecule has 0 saturated carbocycles. The van der Waals surface area contributed by atoms with Crippen LogP contribution in [-0.2, 0) is 6.42 Å². The summed E-state index contributed by atoms with van der Waals surface area (Å²) < 4.78 is 11.0. The van der Waals surface area contributed by atoms with Crippen molar-refractivity contribution in [3.63, 3.8) is 0 Å². The Morgan fingerprint density at radius 3 is 3.07 bits per heavy atom. The zero-order valence-corrected chi connectivity index (χ0v) is 9.06. The Morgan fingerprint density at radius 1 is 1.60 bits per heavy atom. The fourth-order valence-corrected chi connectivity index (χ4v) is 2.01. The van der Waals surface area contributed by atoms with Gasteiger partial charge >= 0.3 is 0 Å². The van der Waals surface area contributed by atoms with Crippen LogP contribution in [0.4, 0.5) is 0 Å². The number of ether oxygens (including phenoxy) is 2. The van der Waals surface area contributed by atoms with Crippen molar-refractivity contribution >= 4 is 0 Å². The average molecular weight is 208 g/mol. The van der Waals surface area contributed by atoms with E-state index in [0.29, 0.717) is 6.42 Å². The lowest BCUT2D eigenvalue weighted by atomic mass is 10.1. The monoisotopic (exact) mass is 208 g/mol. The molecule has 0 bridgehead atoms. The number of rotatable bonds is 3. The number of benzene rings is 1.